The molecule has 0 aliphatic rings. The number of carbonyl (C=O) groups is 1. The summed E-state index contributed by atoms with van der Waals surface area (Å²) in [6.07, 6.45) is -0.656. The van der Waals surface area contributed by atoms with E-state index in [1.54, 1.807) is 11.3 Å². The summed E-state index contributed by atoms with van der Waals surface area (Å²) in [6, 6.07) is 5.53. The molecule has 21 heavy (non-hydrogen) atoms. The Kier molecular flexibility index (Phi) is 5.39. The third-order valence-corrected chi connectivity index (χ3v) is 5.18. The number of aliphatic hydroxyl groups is 1. The molecule has 2 rings (SSSR count). The van der Waals surface area contributed by atoms with Crippen molar-refractivity contribution in [2.75, 3.05) is 6.54 Å². The molecule has 0 spiro atoms. The summed E-state index contributed by atoms with van der Waals surface area (Å²) < 4.78 is 0. The lowest BCUT2D eigenvalue weighted by Gasteiger charge is -2.16. The number of thiophene rings is 2. The standard InChI is InChI=1S/C15H20N2O2S2/c1-9-7-12(11(3)21-9)10(2)17-15(19)16-8-13(18)14-5-4-6-20-14/h4-7,10,13,18H,8H2,1-3H3,(H2,16,17,19)/t10-,13+/m1/s1. The van der Waals surface area contributed by atoms with Crippen molar-refractivity contribution in [2.45, 2.75) is 32.9 Å². The molecule has 114 valence electrons. The van der Waals surface area contributed by atoms with Crippen molar-refractivity contribution >= 4 is 28.7 Å². The van der Waals surface area contributed by atoms with E-state index in [-0.39, 0.29) is 18.6 Å². The largest absolute Gasteiger partial charge is 0.386 e. The second kappa shape index (κ2) is 7.06. The first-order valence-corrected chi connectivity index (χ1v) is 8.49. The molecule has 2 atom stereocenters. The highest BCUT2D eigenvalue weighted by Gasteiger charge is 2.15. The molecule has 0 aliphatic heterocycles. The van der Waals surface area contributed by atoms with E-state index in [4.69, 9.17) is 0 Å². The Balaban J connectivity index is 1.83. The Morgan fingerprint density at radius 3 is 2.76 bits per heavy atom. The molecule has 6 heteroatoms. The first kappa shape index (κ1) is 16.0. The van der Waals surface area contributed by atoms with Gasteiger partial charge in [0.15, 0.2) is 0 Å². The molecular weight excluding hydrogens is 304 g/mol. The number of carbonyl (C=O) groups excluding carboxylic acids is 1. The lowest BCUT2D eigenvalue weighted by atomic mass is 10.1. The summed E-state index contributed by atoms with van der Waals surface area (Å²) >= 11 is 3.21. The highest BCUT2D eigenvalue weighted by atomic mass is 32.1. The molecule has 0 aliphatic carbocycles. The molecule has 2 amide bonds. The smallest absolute Gasteiger partial charge is 0.315 e. The Morgan fingerprint density at radius 2 is 2.19 bits per heavy atom. The maximum atomic E-state index is 11.9. The Labute approximate surface area is 132 Å². The first-order chi connectivity index (χ1) is 9.97. The summed E-state index contributed by atoms with van der Waals surface area (Å²) in [5, 5.41) is 17.4. The summed E-state index contributed by atoms with van der Waals surface area (Å²) in [6.45, 7) is 6.29. The number of hydrogen-bond donors (Lipinski definition) is 3. The predicted octanol–water partition coefficient (Wildman–Crippen LogP) is 3.52. The van der Waals surface area contributed by atoms with E-state index in [1.807, 2.05) is 24.4 Å². The fourth-order valence-electron chi connectivity index (χ4n) is 2.18. The number of nitrogens with one attached hydrogen (secondary N) is 2. The van der Waals surface area contributed by atoms with Gasteiger partial charge in [-0.25, -0.2) is 4.79 Å². The highest BCUT2D eigenvalue weighted by molar-refractivity contribution is 7.12. The van der Waals surface area contributed by atoms with E-state index in [0.717, 1.165) is 10.4 Å². The first-order valence-electron chi connectivity index (χ1n) is 6.80. The third kappa shape index (κ3) is 4.30. The third-order valence-electron chi connectivity index (χ3n) is 3.22. The van der Waals surface area contributed by atoms with Crippen LogP contribution in [0.15, 0.2) is 23.6 Å². The molecule has 0 unspecified atom stereocenters. The number of rotatable bonds is 5. The van der Waals surface area contributed by atoms with Crippen LogP contribution >= 0.6 is 22.7 Å². The quantitative estimate of drug-likeness (QED) is 0.788. The topological polar surface area (TPSA) is 61.4 Å². The molecular formula is C15H20N2O2S2. The van der Waals surface area contributed by atoms with Gasteiger partial charge >= 0.3 is 6.03 Å². The second-order valence-electron chi connectivity index (χ2n) is 4.98. The minimum absolute atomic E-state index is 0.0474. The summed E-state index contributed by atoms with van der Waals surface area (Å²) in [5.74, 6) is 0. The summed E-state index contributed by atoms with van der Waals surface area (Å²) in [7, 11) is 0. The Morgan fingerprint density at radius 1 is 1.43 bits per heavy atom. The molecule has 3 N–H and O–H groups in total. The van der Waals surface area contributed by atoms with Crippen LogP contribution in [0.2, 0.25) is 0 Å². The van der Waals surface area contributed by atoms with E-state index >= 15 is 0 Å². The van der Waals surface area contributed by atoms with Crippen molar-refractivity contribution in [3.8, 4) is 0 Å². The molecule has 0 bridgehead atoms. The fourth-order valence-corrected chi connectivity index (χ4v) is 3.91. The van der Waals surface area contributed by atoms with Crippen molar-refractivity contribution in [3.63, 3.8) is 0 Å². The maximum Gasteiger partial charge on any atom is 0.315 e. The van der Waals surface area contributed by atoms with E-state index in [1.165, 1.54) is 21.1 Å². The number of aliphatic hydroxyl groups excluding tert-OH is 1. The lowest BCUT2D eigenvalue weighted by molar-refractivity contribution is 0.176. The number of urea groups is 1. The molecule has 4 nitrogen and oxygen atoms in total. The van der Waals surface area contributed by atoms with Crippen LogP contribution in [0.1, 0.15) is 39.3 Å². The second-order valence-corrected chi connectivity index (χ2v) is 7.42. The SMILES string of the molecule is Cc1cc([C@@H](C)NC(=O)NC[C@H](O)c2cccs2)c(C)s1. The van der Waals surface area contributed by atoms with Crippen LogP contribution < -0.4 is 10.6 Å². The van der Waals surface area contributed by atoms with Gasteiger partial charge in [0.25, 0.3) is 0 Å². The molecule has 0 radical (unpaired) electrons. The minimum Gasteiger partial charge on any atom is -0.386 e. The van der Waals surface area contributed by atoms with Gasteiger partial charge in [0.1, 0.15) is 6.10 Å². The van der Waals surface area contributed by atoms with E-state index < -0.39 is 6.10 Å². The van der Waals surface area contributed by atoms with Crippen LogP contribution in [-0.4, -0.2) is 17.7 Å². The highest BCUT2D eigenvalue weighted by Crippen LogP contribution is 2.26. The average Bonchev–Trinajstić information content (AvgIpc) is 3.05. The zero-order valence-corrected chi connectivity index (χ0v) is 14.0. The normalized spacial score (nSPS) is 13.7. The van der Waals surface area contributed by atoms with Crippen molar-refractivity contribution in [1.29, 1.82) is 0 Å². The van der Waals surface area contributed by atoms with Crippen molar-refractivity contribution in [1.82, 2.24) is 10.6 Å². The van der Waals surface area contributed by atoms with Crippen LogP contribution in [-0.2, 0) is 0 Å². The van der Waals surface area contributed by atoms with Gasteiger partial charge in [-0.1, -0.05) is 6.07 Å². The van der Waals surface area contributed by atoms with Crippen LogP contribution in [0, 0.1) is 13.8 Å². The summed E-state index contributed by atoms with van der Waals surface area (Å²) in [5.41, 5.74) is 1.14. The van der Waals surface area contributed by atoms with Gasteiger partial charge in [-0.3, -0.25) is 0 Å². The van der Waals surface area contributed by atoms with Crippen LogP contribution in [0.5, 0.6) is 0 Å². The monoisotopic (exact) mass is 324 g/mol. The van der Waals surface area contributed by atoms with Gasteiger partial charge < -0.3 is 15.7 Å². The van der Waals surface area contributed by atoms with E-state index in [9.17, 15) is 9.90 Å². The molecule has 2 aromatic rings. The van der Waals surface area contributed by atoms with Crippen molar-refractivity contribution < 1.29 is 9.90 Å². The van der Waals surface area contributed by atoms with Crippen molar-refractivity contribution in [3.05, 3.63) is 43.8 Å². The van der Waals surface area contributed by atoms with Gasteiger partial charge in [0.05, 0.1) is 12.6 Å². The fraction of sp³-hybridized carbons (Fsp3) is 0.400. The van der Waals surface area contributed by atoms with Crippen molar-refractivity contribution in [2.24, 2.45) is 0 Å². The Hall–Kier alpha value is -1.37. The van der Waals surface area contributed by atoms with E-state index in [2.05, 4.69) is 30.5 Å². The number of aryl methyl sites for hydroxylation is 2. The molecule has 0 saturated carbocycles. The predicted molar refractivity (Wildman–Crippen MR) is 88.0 cm³/mol. The molecule has 0 aromatic carbocycles. The van der Waals surface area contributed by atoms with Gasteiger partial charge in [-0.05, 0) is 43.8 Å². The van der Waals surface area contributed by atoms with Gasteiger partial charge in [0, 0.05) is 14.6 Å². The summed E-state index contributed by atoms with van der Waals surface area (Å²) in [4.78, 5) is 15.2. The van der Waals surface area contributed by atoms with Crippen LogP contribution in [0.4, 0.5) is 4.79 Å². The van der Waals surface area contributed by atoms with Gasteiger partial charge in [-0.2, -0.15) is 0 Å². The molecule has 2 heterocycles. The zero-order chi connectivity index (χ0) is 15.4. The van der Waals surface area contributed by atoms with Gasteiger partial charge in [-0.15, -0.1) is 22.7 Å². The van der Waals surface area contributed by atoms with Crippen LogP contribution in [0.3, 0.4) is 0 Å². The minimum atomic E-state index is -0.656. The molecule has 0 saturated heterocycles. The lowest BCUT2D eigenvalue weighted by Crippen LogP contribution is -2.39. The maximum absolute atomic E-state index is 11.9. The molecule has 2 aromatic heterocycles. The van der Waals surface area contributed by atoms with Gasteiger partial charge in [0.2, 0.25) is 0 Å². The number of hydrogen-bond acceptors (Lipinski definition) is 4. The zero-order valence-electron chi connectivity index (χ0n) is 12.3. The number of amides is 2. The Bertz CT molecular complexity index is 593. The van der Waals surface area contributed by atoms with E-state index in [0.29, 0.717) is 0 Å². The molecule has 0 fully saturated rings. The van der Waals surface area contributed by atoms with Crippen LogP contribution in [0.25, 0.3) is 0 Å². The average molecular weight is 324 g/mol.